The summed E-state index contributed by atoms with van der Waals surface area (Å²) in [6.45, 7) is 13.0. The zero-order valence-corrected chi connectivity index (χ0v) is 11.8. The molecule has 1 fully saturated rings. The molecule has 0 aliphatic carbocycles. The van der Waals surface area contributed by atoms with Crippen molar-refractivity contribution in [1.82, 2.24) is 15.5 Å². The molecule has 2 atom stereocenters. The van der Waals surface area contributed by atoms with Crippen molar-refractivity contribution in [1.29, 1.82) is 0 Å². The molecule has 1 aliphatic heterocycles. The van der Waals surface area contributed by atoms with E-state index in [0.29, 0.717) is 18.6 Å². The zero-order valence-electron chi connectivity index (χ0n) is 11.8. The molecule has 1 heterocycles. The molecule has 1 rings (SSSR count). The van der Waals surface area contributed by atoms with Crippen molar-refractivity contribution in [2.45, 2.75) is 58.7 Å². The van der Waals surface area contributed by atoms with Gasteiger partial charge in [0.15, 0.2) is 0 Å². The van der Waals surface area contributed by atoms with Gasteiger partial charge in [-0.3, -0.25) is 9.69 Å². The van der Waals surface area contributed by atoms with Crippen LogP contribution < -0.4 is 10.6 Å². The summed E-state index contributed by atoms with van der Waals surface area (Å²) >= 11 is 0. The largest absolute Gasteiger partial charge is 0.350 e. The van der Waals surface area contributed by atoms with Crippen molar-refractivity contribution in [2.75, 3.05) is 19.6 Å². The van der Waals surface area contributed by atoms with Crippen molar-refractivity contribution in [3.8, 4) is 0 Å². The predicted molar refractivity (Wildman–Crippen MR) is 71.0 cm³/mol. The molecule has 2 N–H and O–H groups in total. The molecule has 4 heteroatoms. The molecule has 2 unspecified atom stereocenters. The van der Waals surface area contributed by atoms with Crippen molar-refractivity contribution in [3.63, 3.8) is 0 Å². The number of rotatable bonds is 4. The monoisotopic (exact) mass is 241 g/mol. The quantitative estimate of drug-likeness (QED) is 0.771. The second-order valence-electron chi connectivity index (χ2n) is 5.95. The molecule has 1 amide bonds. The summed E-state index contributed by atoms with van der Waals surface area (Å²) in [4.78, 5) is 14.2. The number of amides is 1. The van der Waals surface area contributed by atoms with E-state index >= 15 is 0 Å². The van der Waals surface area contributed by atoms with E-state index in [1.807, 2.05) is 0 Å². The van der Waals surface area contributed by atoms with Gasteiger partial charge in [-0.05, 0) is 34.1 Å². The van der Waals surface area contributed by atoms with Crippen LogP contribution in [0.4, 0.5) is 0 Å². The molecular formula is C13H27N3O. The third-order valence-corrected chi connectivity index (χ3v) is 3.36. The van der Waals surface area contributed by atoms with Crippen LogP contribution in [0.25, 0.3) is 0 Å². The van der Waals surface area contributed by atoms with E-state index in [2.05, 4.69) is 50.2 Å². The first-order valence-corrected chi connectivity index (χ1v) is 6.62. The Morgan fingerprint density at radius 1 is 1.35 bits per heavy atom. The lowest BCUT2D eigenvalue weighted by molar-refractivity contribution is -0.124. The highest BCUT2D eigenvalue weighted by Gasteiger charge is 2.24. The summed E-state index contributed by atoms with van der Waals surface area (Å²) in [5.74, 6) is 0.137. The van der Waals surface area contributed by atoms with Crippen LogP contribution in [-0.4, -0.2) is 48.1 Å². The molecule has 0 spiro atoms. The van der Waals surface area contributed by atoms with Crippen molar-refractivity contribution < 1.29 is 4.79 Å². The first-order valence-electron chi connectivity index (χ1n) is 6.62. The molecular weight excluding hydrogens is 214 g/mol. The van der Waals surface area contributed by atoms with Crippen LogP contribution in [0, 0.1) is 0 Å². The minimum Gasteiger partial charge on any atom is -0.350 e. The fourth-order valence-corrected chi connectivity index (χ4v) is 2.28. The second kappa shape index (κ2) is 5.83. The minimum atomic E-state index is -0.0949. The maximum absolute atomic E-state index is 11.9. The summed E-state index contributed by atoms with van der Waals surface area (Å²) in [5, 5.41) is 6.55. The number of hydrogen-bond acceptors (Lipinski definition) is 3. The SMILES string of the molecule is CCC(C)(C)NC(=O)CN1CC(C)NC(C)C1. The third-order valence-electron chi connectivity index (χ3n) is 3.36. The Morgan fingerprint density at radius 2 is 1.88 bits per heavy atom. The number of carbonyl (C=O) groups excluding carboxylic acids is 1. The maximum Gasteiger partial charge on any atom is 0.234 e. The van der Waals surface area contributed by atoms with Crippen LogP contribution in [0.1, 0.15) is 41.0 Å². The Hall–Kier alpha value is -0.610. The van der Waals surface area contributed by atoms with Crippen LogP contribution in [0.15, 0.2) is 0 Å². The molecule has 0 radical (unpaired) electrons. The maximum atomic E-state index is 11.9. The van der Waals surface area contributed by atoms with E-state index < -0.39 is 0 Å². The van der Waals surface area contributed by atoms with Crippen LogP contribution in [-0.2, 0) is 4.79 Å². The van der Waals surface area contributed by atoms with Gasteiger partial charge in [0.25, 0.3) is 0 Å². The molecule has 1 aliphatic rings. The molecule has 0 aromatic rings. The third kappa shape index (κ3) is 5.04. The van der Waals surface area contributed by atoms with E-state index in [0.717, 1.165) is 19.5 Å². The van der Waals surface area contributed by atoms with Gasteiger partial charge < -0.3 is 10.6 Å². The fraction of sp³-hybridized carbons (Fsp3) is 0.923. The molecule has 0 aromatic heterocycles. The Labute approximate surface area is 105 Å². The first-order chi connectivity index (χ1) is 7.82. The van der Waals surface area contributed by atoms with Gasteiger partial charge in [-0.25, -0.2) is 0 Å². The van der Waals surface area contributed by atoms with Crippen molar-refractivity contribution in [2.24, 2.45) is 0 Å². The summed E-state index contributed by atoms with van der Waals surface area (Å²) in [5.41, 5.74) is -0.0949. The lowest BCUT2D eigenvalue weighted by atomic mass is 10.0. The summed E-state index contributed by atoms with van der Waals surface area (Å²) in [7, 11) is 0. The molecule has 4 nitrogen and oxygen atoms in total. The molecule has 17 heavy (non-hydrogen) atoms. The number of nitrogens with zero attached hydrogens (tertiary/aromatic N) is 1. The molecule has 0 aromatic carbocycles. The van der Waals surface area contributed by atoms with Gasteiger partial charge in [0, 0.05) is 30.7 Å². The number of hydrogen-bond donors (Lipinski definition) is 2. The van der Waals surface area contributed by atoms with Crippen molar-refractivity contribution >= 4 is 5.91 Å². The normalized spacial score (nSPS) is 26.9. The lowest BCUT2D eigenvalue weighted by Gasteiger charge is -2.36. The van der Waals surface area contributed by atoms with Gasteiger partial charge in [0.05, 0.1) is 6.54 Å². The van der Waals surface area contributed by atoms with Crippen LogP contribution in [0.2, 0.25) is 0 Å². The fourth-order valence-electron chi connectivity index (χ4n) is 2.28. The zero-order chi connectivity index (χ0) is 13.1. The molecule has 100 valence electrons. The van der Waals surface area contributed by atoms with E-state index in [4.69, 9.17) is 0 Å². The van der Waals surface area contributed by atoms with E-state index in [1.165, 1.54) is 0 Å². The second-order valence-corrected chi connectivity index (χ2v) is 5.95. The molecule has 1 saturated heterocycles. The van der Waals surface area contributed by atoms with E-state index in [-0.39, 0.29) is 11.4 Å². The highest BCUT2D eigenvalue weighted by Crippen LogP contribution is 2.08. The smallest absolute Gasteiger partial charge is 0.234 e. The lowest BCUT2D eigenvalue weighted by Crippen LogP contribution is -2.57. The van der Waals surface area contributed by atoms with Crippen LogP contribution >= 0.6 is 0 Å². The Balaban J connectivity index is 2.40. The minimum absolute atomic E-state index is 0.0949. The van der Waals surface area contributed by atoms with Gasteiger partial charge >= 0.3 is 0 Å². The highest BCUT2D eigenvalue weighted by molar-refractivity contribution is 5.78. The highest BCUT2D eigenvalue weighted by atomic mass is 16.2. The average molecular weight is 241 g/mol. The van der Waals surface area contributed by atoms with Crippen LogP contribution in [0.3, 0.4) is 0 Å². The average Bonchev–Trinajstić information content (AvgIpc) is 2.14. The number of nitrogens with one attached hydrogen (secondary N) is 2. The molecule has 0 saturated carbocycles. The van der Waals surface area contributed by atoms with E-state index in [1.54, 1.807) is 0 Å². The topological polar surface area (TPSA) is 44.4 Å². The standard InChI is InChI=1S/C13H27N3O/c1-6-13(4,5)15-12(17)9-16-7-10(2)14-11(3)8-16/h10-11,14H,6-9H2,1-5H3,(H,15,17). The molecule has 0 bridgehead atoms. The van der Waals surface area contributed by atoms with E-state index in [9.17, 15) is 4.79 Å². The van der Waals surface area contributed by atoms with Gasteiger partial charge in [0.2, 0.25) is 5.91 Å². The Bertz CT molecular complexity index is 255. The van der Waals surface area contributed by atoms with Gasteiger partial charge in [-0.1, -0.05) is 6.92 Å². The van der Waals surface area contributed by atoms with Gasteiger partial charge in [-0.2, -0.15) is 0 Å². The first kappa shape index (κ1) is 14.5. The Morgan fingerprint density at radius 3 is 2.35 bits per heavy atom. The number of piperazine rings is 1. The summed E-state index contributed by atoms with van der Waals surface area (Å²) < 4.78 is 0. The summed E-state index contributed by atoms with van der Waals surface area (Å²) in [6.07, 6.45) is 0.951. The number of carbonyl (C=O) groups is 1. The van der Waals surface area contributed by atoms with Gasteiger partial charge in [-0.15, -0.1) is 0 Å². The van der Waals surface area contributed by atoms with Crippen molar-refractivity contribution in [3.05, 3.63) is 0 Å². The predicted octanol–water partition coefficient (Wildman–Crippen LogP) is 0.973. The van der Waals surface area contributed by atoms with Crippen LogP contribution in [0.5, 0.6) is 0 Å². The summed E-state index contributed by atoms with van der Waals surface area (Å²) in [6, 6.07) is 0.927. The Kier molecular flexibility index (Phi) is 4.95. The van der Waals surface area contributed by atoms with Gasteiger partial charge in [0.1, 0.15) is 0 Å².